The molecule has 1 heterocycles. The highest BCUT2D eigenvalue weighted by Gasteiger charge is 2.08. The van der Waals surface area contributed by atoms with Gasteiger partial charge >= 0.3 is 0 Å². The van der Waals surface area contributed by atoms with Gasteiger partial charge in [0.25, 0.3) is 0 Å². The molecular formula is C10H10ClN3OS. The summed E-state index contributed by atoms with van der Waals surface area (Å²) in [5.74, 6) is 0. The van der Waals surface area contributed by atoms with Crippen LogP contribution in [-0.4, -0.2) is 19.9 Å². The van der Waals surface area contributed by atoms with Gasteiger partial charge in [-0.1, -0.05) is 17.7 Å². The number of rotatable bonds is 3. The lowest BCUT2D eigenvalue weighted by Gasteiger charge is -2.06. The number of aliphatic hydroxyl groups is 1. The molecule has 0 radical (unpaired) electrons. The molecule has 0 spiro atoms. The van der Waals surface area contributed by atoms with E-state index in [9.17, 15) is 5.11 Å². The highest BCUT2D eigenvalue weighted by atomic mass is 35.5. The van der Waals surface area contributed by atoms with Gasteiger partial charge in [0.05, 0.1) is 6.61 Å². The number of aliphatic hydroxyl groups excluding tert-OH is 1. The molecule has 2 aromatic rings. The molecule has 0 aliphatic rings. The van der Waals surface area contributed by atoms with E-state index in [1.54, 1.807) is 16.8 Å². The van der Waals surface area contributed by atoms with E-state index in [1.807, 2.05) is 13.1 Å². The summed E-state index contributed by atoms with van der Waals surface area (Å²) in [6.45, 7) is -0.0165. The van der Waals surface area contributed by atoms with Crippen molar-refractivity contribution in [3.63, 3.8) is 0 Å². The predicted octanol–water partition coefficient (Wildman–Crippen LogP) is 2.11. The fourth-order valence-corrected chi connectivity index (χ4v) is 2.39. The minimum absolute atomic E-state index is 0.0165. The molecule has 0 atom stereocenters. The van der Waals surface area contributed by atoms with Gasteiger partial charge in [-0.15, -0.1) is 0 Å². The third kappa shape index (κ3) is 2.37. The lowest BCUT2D eigenvalue weighted by molar-refractivity contribution is 0.279. The molecule has 0 amide bonds. The van der Waals surface area contributed by atoms with Crippen LogP contribution in [0.2, 0.25) is 5.02 Å². The first-order valence-electron chi connectivity index (χ1n) is 4.62. The SMILES string of the molecule is Cn1ncnc1Sc1cc(Cl)ccc1CO. The first-order valence-corrected chi connectivity index (χ1v) is 5.81. The first kappa shape index (κ1) is 11.4. The van der Waals surface area contributed by atoms with E-state index in [-0.39, 0.29) is 6.61 Å². The second kappa shape index (κ2) is 4.86. The summed E-state index contributed by atoms with van der Waals surface area (Å²) in [7, 11) is 1.82. The lowest BCUT2D eigenvalue weighted by Crippen LogP contribution is -1.94. The van der Waals surface area contributed by atoms with Crippen LogP contribution in [-0.2, 0) is 13.7 Å². The van der Waals surface area contributed by atoms with Gasteiger partial charge in [-0.3, -0.25) is 0 Å². The van der Waals surface area contributed by atoms with Crippen molar-refractivity contribution in [3.8, 4) is 0 Å². The maximum absolute atomic E-state index is 9.21. The average Bonchev–Trinajstić information content (AvgIpc) is 2.65. The van der Waals surface area contributed by atoms with Gasteiger partial charge in [-0.25, -0.2) is 9.67 Å². The van der Waals surface area contributed by atoms with Crippen LogP contribution in [0, 0.1) is 0 Å². The van der Waals surface area contributed by atoms with Crippen LogP contribution in [0.1, 0.15) is 5.56 Å². The molecule has 1 aromatic heterocycles. The zero-order valence-corrected chi connectivity index (χ0v) is 10.2. The van der Waals surface area contributed by atoms with Crippen LogP contribution >= 0.6 is 23.4 Å². The molecule has 1 N–H and O–H groups in total. The fraction of sp³-hybridized carbons (Fsp3) is 0.200. The highest BCUT2D eigenvalue weighted by Crippen LogP contribution is 2.30. The minimum Gasteiger partial charge on any atom is -0.392 e. The summed E-state index contributed by atoms with van der Waals surface area (Å²) >= 11 is 7.35. The van der Waals surface area contributed by atoms with Crippen LogP contribution in [0.4, 0.5) is 0 Å². The number of halogens is 1. The van der Waals surface area contributed by atoms with Crippen molar-refractivity contribution in [2.24, 2.45) is 7.05 Å². The number of hydrogen-bond donors (Lipinski definition) is 1. The van der Waals surface area contributed by atoms with Crippen molar-refractivity contribution in [3.05, 3.63) is 35.1 Å². The molecule has 0 saturated carbocycles. The van der Waals surface area contributed by atoms with E-state index in [4.69, 9.17) is 11.6 Å². The largest absolute Gasteiger partial charge is 0.392 e. The lowest BCUT2D eigenvalue weighted by atomic mass is 10.2. The number of benzene rings is 1. The van der Waals surface area contributed by atoms with Crippen molar-refractivity contribution in [1.29, 1.82) is 0 Å². The zero-order valence-electron chi connectivity index (χ0n) is 8.59. The van der Waals surface area contributed by atoms with E-state index >= 15 is 0 Å². The number of hydrogen-bond acceptors (Lipinski definition) is 4. The van der Waals surface area contributed by atoms with Crippen molar-refractivity contribution in [1.82, 2.24) is 14.8 Å². The van der Waals surface area contributed by atoms with Crippen LogP contribution in [0.15, 0.2) is 34.6 Å². The van der Waals surface area contributed by atoms with Crippen LogP contribution in [0.25, 0.3) is 0 Å². The Morgan fingerprint density at radius 1 is 1.50 bits per heavy atom. The maximum atomic E-state index is 9.21. The van der Waals surface area contributed by atoms with Crippen molar-refractivity contribution < 1.29 is 5.11 Å². The summed E-state index contributed by atoms with van der Waals surface area (Å²) < 4.78 is 1.67. The van der Waals surface area contributed by atoms with Gasteiger partial charge < -0.3 is 5.11 Å². The second-order valence-electron chi connectivity index (χ2n) is 3.18. The topological polar surface area (TPSA) is 50.9 Å². The first-order chi connectivity index (χ1) is 7.70. The van der Waals surface area contributed by atoms with Crippen molar-refractivity contribution in [2.75, 3.05) is 0 Å². The molecule has 16 heavy (non-hydrogen) atoms. The summed E-state index contributed by atoms with van der Waals surface area (Å²) in [6.07, 6.45) is 1.49. The quantitative estimate of drug-likeness (QED) is 0.913. The van der Waals surface area contributed by atoms with Crippen LogP contribution in [0.5, 0.6) is 0 Å². The van der Waals surface area contributed by atoms with Crippen molar-refractivity contribution in [2.45, 2.75) is 16.7 Å². The summed E-state index contributed by atoms with van der Waals surface area (Å²) in [5, 5.41) is 14.6. The third-order valence-corrected chi connectivity index (χ3v) is 3.46. The fourth-order valence-electron chi connectivity index (χ4n) is 1.23. The van der Waals surface area contributed by atoms with E-state index in [2.05, 4.69) is 10.1 Å². The van der Waals surface area contributed by atoms with Crippen LogP contribution < -0.4 is 0 Å². The van der Waals surface area contributed by atoms with Gasteiger partial charge in [0.2, 0.25) is 0 Å². The van der Waals surface area contributed by atoms with Crippen molar-refractivity contribution >= 4 is 23.4 Å². The van der Waals surface area contributed by atoms with E-state index in [0.717, 1.165) is 15.6 Å². The Bertz CT molecular complexity index is 501. The Balaban J connectivity index is 2.33. The number of nitrogens with zero attached hydrogens (tertiary/aromatic N) is 3. The molecule has 84 valence electrons. The Hall–Kier alpha value is -1.04. The van der Waals surface area contributed by atoms with E-state index in [1.165, 1.54) is 18.1 Å². The maximum Gasteiger partial charge on any atom is 0.190 e. The van der Waals surface area contributed by atoms with Gasteiger partial charge in [-0.2, -0.15) is 5.10 Å². The Morgan fingerprint density at radius 3 is 2.94 bits per heavy atom. The normalized spacial score (nSPS) is 10.7. The molecule has 2 rings (SSSR count). The van der Waals surface area contributed by atoms with Gasteiger partial charge in [0.15, 0.2) is 5.16 Å². The summed E-state index contributed by atoms with van der Waals surface area (Å²) in [6, 6.07) is 5.38. The molecule has 0 aliphatic carbocycles. The monoisotopic (exact) mass is 255 g/mol. The van der Waals surface area contributed by atoms with Gasteiger partial charge in [0.1, 0.15) is 6.33 Å². The molecule has 4 nitrogen and oxygen atoms in total. The van der Waals surface area contributed by atoms with Gasteiger partial charge in [-0.05, 0) is 29.5 Å². The molecule has 0 unspecified atom stereocenters. The predicted molar refractivity (Wildman–Crippen MR) is 62.5 cm³/mol. The zero-order chi connectivity index (χ0) is 11.5. The molecule has 0 bridgehead atoms. The van der Waals surface area contributed by atoms with E-state index < -0.39 is 0 Å². The summed E-state index contributed by atoms with van der Waals surface area (Å²) in [5.41, 5.74) is 0.831. The van der Waals surface area contributed by atoms with Gasteiger partial charge in [0, 0.05) is 17.0 Å². The Morgan fingerprint density at radius 2 is 2.31 bits per heavy atom. The molecular weight excluding hydrogens is 246 g/mol. The number of aromatic nitrogens is 3. The highest BCUT2D eigenvalue weighted by molar-refractivity contribution is 7.99. The molecule has 0 aliphatic heterocycles. The standard InChI is InChI=1S/C10H10ClN3OS/c1-14-10(12-6-13-14)16-9-4-8(11)3-2-7(9)5-15/h2-4,6,15H,5H2,1H3. The third-order valence-electron chi connectivity index (χ3n) is 2.07. The van der Waals surface area contributed by atoms with Crippen LogP contribution in [0.3, 0.4) is 0 Å². The Kier molecular flexibility index (Phi) is 3.48. The smallest absolute Gasteiger partial charge is 0.190 e. The second-order valence-corrected chi connectivity index (χ2v) is 4.62. The molecule has 0 saturated heterocycles. The molecule has 0 fully saturated rings. The summed E-state index contributed by atoms with van der Waals surface area (Å²) in [4.78, 5) is 5.00. The average molecular weight is 256 g/mol. The Labute approximate surface area is 102 Å². The molecule has 6 heteroatoms. The molecule has 1 aromatic carbocycles. The number of aryl methyl sites for hydroxylation is 1. The van der Waals surface area contributed by atoms with E-state index in [0.29, 0.717) is 5.02 Å². The minimum atomic E-state index is -0.0165.